The molecule has 0 fully saturated rings. The van der Waals surface area contributed by atoms with Crippen molar-refractivity contribution in [2.24, 2.45) is 0 Å². The van der Waals surface area contributed by atoms with Gasteiger partial charge in [0.05, 0.1) is 5.52 Å². The monoisotopic (exact) mass is 352 g/mol. The second-order valence-electron chi connectivity index (χ2n) is 5.69. The topological polar surface area (TPSA) is 66.0 Å². The molecule has 0 aliphatic rings. The minimum Gasteiger partial charge on any atom is -0.508 e. The van der Waals surface area contributed by atoms with Gasteiger partial charge in [-0.15, -0.1) is 11.3 Å². The van der Waals surface area contributed by atoms with Crippen LogP contribution < -0.4 is 5.56 Å². The van der Waals surface area contributed by atoms with E-state index < -0.39 is 0 Å². The maximum absolute atomic E-state index is 13.1. The number of aromatic amines is 1. The molecule has 0 unspecified atom stereocenters. The Morgan fingerprint density at radius 1 is 1.12 bits per heavy atom. The molecule has 0 radical (unpaired) electrons. The van der Waals surface area contributed by atoms with Gasteiger partial charge in [0, 0.05) is 11.3 Å². The van der Waals surface area contributed by atoms with Crippen molar-refractivity contribution >= 4 is 21.6 Å². The summed E-state index contributed by atoms with van der Waals surface area (Å²) in [6, 6.07) is 14.8. The molecule has 4 nitrogen and oxygen atoms in total. The lowest BCUT2D eigenvalue weighted by molar-refractivity contribution is 0.474. The number of aromatic hydroxyl groups is 1. The number of H-pyrrole nitrogens is 1. The summed E-state index contributed by atoms with van der Waals surface area (Å²) in [5, 5.41) is 9.55. The van der Waals surface area contributed by atoms with Crippen LogP contribution in [0.5, 0.6) is 5.75 Å². The lowest BCUT2D eigenvalue weighted by atomic mass is 10.1. The van der Waals surface area contributed by atoms with Crippen molar-refractivity contribution in [3.8, 4) is 16.2 Å². The smallest absolute Gasteiger partial charge is 0.268 e. The number of aromatic nitrogens is 2. The number of hydrogen-bond donors (Lipinski definition) is 2. The minimum atomic E-state index is -0.297. The van der Waals surface area contributed by atoms with Gasteiger partial charge in [-0.05, 0) is 41.5 Å². The molecule has 0 aliphatic heterocycles. The Balaban J connectivity index is 1.74. The van der Waals surface area contributed by atoms with Crippen LogP contribution in [0.2, 0.25) is 0 Å². The summed E-state index contributed by atoms with van der Waals surface area (Å²) in [4.78, 5) is 20.5. The highest BCUT2D eigenvalue weighted by Gasteiger charge is 2.11. The Hall–Kier alpha value is -2.99. The molecule has 0 saturated carbocycles. The second kappa shape index (κ2) is 6.14. The maximum atomic E-state index is 13.1. The van der Waals surface area contributed by atoms with E-state index in [9.17, 15) is 14.3 Å². The lowest BCUT2D eigenvalue weighted by Crippen LogP contribution is -2.10. The van der Waals surface area contributed by atoms with Crippen LogP contribution in [0.3, 0.4) is 0 Å². The molecule has 0 bridgehead atoms. The fourth-order valence-corrected chi connectivity index (χ4v) is 3.69. The van der Waals surface area contributed by atoms with Crippen LogP contribution in [0.15, 0.2) is 59.4 Å². The predicted molar refractivity (Wildman–Crippen MR) is 96.5 cm³/mol. The summed E-state index contributed by atoms with van der Waals surface area (Å²) in [6.07, 6.45) is 0.418. The molecule has 0 spiro atoms. The van der Waals surface area contributed by atoms with Gasteiger partial charge < -0.3 is 10.1 Å². The number of halogens is 1. The Labute approximate surface area is 146 Å². The second-order valence-corrected chi connectivity index (χ2v) is 6.74. The van der Waals surface area contributed by atoms with Gasteiger partial charge in [-0.1, -0.05) is 24.3 Å². The van der Waals surface area contributed by atoms with Crippen LogP contribution >= 0.6 is 11.3 Å². The van der Waals surface area contributed by atoms with Crippen LogP contribution in [-0.4, -0.2) is 15.1 Å². The molecule has 124 valence electrons. The van der Waals surface area contributed by atoms with Gasteiger partial charge in [-0.3, -0.25) is 4.79 Å². The summed E-state index contributed by atoms with van der Waals surface area (Å²) in [6.45, 7) is 0. The predicted octanol–water partition coefficient (Wildman–Crippen LogP) is 4.09. The molecule has 2 aromatic carbocycles. The van der Waals surface area contributed by atoms with Crippen molar-refractivity contribution in [1.29, 1.82) is 0 Å². The number of nitrogens with one attached hydrogen (secondary N) is 1. The molecule has 0 aliphatic carbocycles. The highest BCUT2D eigenvalue weighted by Crippen LogP contribution is 2.31. The van der Waals surface area contributed by atoms with Gasteiger partial charge >= 0.3 is 0 Å². The quantitative estimate of drug-likeness (QED) is 0.584. The van der Waals surface area contributed by atoms with Crippen LogP contribution in [0.25, 0.3) is 20.7 Å². The number of hydrogen-bond acceptors (Lipinski definition) is 4. The molecule has 2 heterocycles. The number of phenolic OH excluding ortho intramolecular Hbond substituents is 1. The zero-order valence-electron chi connectivity index (χ0n) is 13.0. The third-order valence-electron chi connectivity index (χ3n) is 3.84. The van der Waals surface area contributed by atoms with Crippen molar-refractivity contribution in [2.45, 2.75) is 6.42 Å². The molecule has 25 heavy (non-hydrogen) atoms. The number of nitrogens with zero attached hydrogens (tertiary/aromatic N) is 1. The largest absolute Gasteiger partial charge is 0.508 e. The van der Waals surface area contributed by atoms with Crippen molar-refractivity contribution in [2.75, 3.05) is 0 Å². The number of thiophene rings is 1. The van der Waals surface area contributed by atoms with E-state index in [2.05, 4.69) is 9.97 Å². The SMILES string of the molecule is O=c1[nH]c(Cc2cccc(O)c2)nc2cc(-c3ccc(F)cc3)sc12. The van der Waals surface area contributed by atoms with E-state index in [4.69, 9.17) is 0 Å². The third-order valence-corrected chi connectivity index (χ3v) is 5.01. The zero-order valence-corrected chi connectivity index (χ0v) is 13.8. The van der Waals surface area contributed by atoms with Crippen molar-refractivity contribution in [1.82, 2.24) is 9.97 Å². The molecular formula is C19H13FN2O2S. The number of rotatable bonds is 3. The van der Waals surface area contributed by atoms with Crippen LogP contribution in [0.4, 0.5) is 4.39 Å². The summed E-state index contributed by atoms with van der Waals surface area (Å²) < 4.78 is 13.6. The summed E-state index contributed by atoms with van der Waals surface area (Å²) in [7, 11) is 0. The minimum absolute atomic E-state index is 0.176. The van der Waals surface area contributed by atoms with E-state index >= 15 is 0 Å². The molecule has 4 aromatic rings. The molecular weight excluding hydrogens is 339 g/mol. The fraction of sp³-hybridized carbons (Fsp3) is 0.0526. The lowest BCUT2D eigenvalue weighted by Gasteiger charge is -2.02. The fourth-order valence-electron chi connectivity index (χ4n) is 2.69. The molecule has 0 amide bonds. The van der Waals surface area contributed by atoms with Crippen molar-refractivity contribution < 1.29 is 9.50 Å². The molecule has 6 heteroatoms. The average Bonchev–Trinajstić information content (AvgIpc) is 3.00. The first-order chi connectivity index (χ1) is 12.1. The van der Waals surface area contributed by atoms with E-state index in [-0.39, 0.29) is 17.1 Å². The normalized spacial score (nSPS) is 11.1. The zero-order chi connectivity index (χ0) is 17.4. The Kier molecular flexibility index (Phi) is 3.82. The van der Waals surface area contributed by atoms with Gasteiger partial charge in [0.15, 0.2) is 0 Å². The van der Waals surface area contributed by atoms with Crippen LogP contribution in [0.1, 0.15) is 11.4 Å². The van der Waals surface area contributed by atoms with E-state index in [0.717, 1.165) is 16.0 Å². The molecule has 0 atom stereocenters. The molecule has 2 aromatic heterocycles. The average molecular weight is 352 g/mol. The van der Waals surface area contributed by atoms with Gasteiger partial charge in [0.25, 0.3) is 5.56 Å². The highest BCUT2D eigenvalue weighted by molar-refractivity contribution is 7.22. The molecule has 0 saturated heterocycles. The van der Waals surface area contributed by atoms with Gasteiger partial charge in [-0.25, -0.2) is 9.37 Å². The van der Waals surface area contributed by atoms with Gasteiger partial charge in [-0.2, -0.15) is 0 Å². The Morgan fingerprint density at radius 3 is 2.68 bits per heavy atom. The van der Waals surface area contributed by atoms with Crippen LogP contribution in [0, 0.1) is 5.82 Å². The van der Waals surface area contributed by atoms with E-state index in [1.54, 1.807) is 30.3 Å². The van der Waals surface area contributed by atoms with E-state index in [1.165, 1.54) is 23.5 Å². The van der Waals surface area contributed by atoms with Crippen molar-refractivity contribution in [3.63, 3.8) is 0 Å². The Bertz CT molecular complexity index is 1120. The highest BCUT2D eigenvalue weighted by atomic mass is 32.1. The number of phenols is 1. The van der Waals surface area contributed by atoms with E-state index in [1.807, 2.05) is 12.1 Å². The first-order valence-corrected chi connectivity index (χ1v) is 8.47. The van der Waals surface area contributed by atoms with E-state index in [0.29, 0.717) is 22.5 Å². The summed E-state index contributed by atoms with van der Waals surface area (Å²) >= 11 is 1.33. The standard InChI is InChI=1S/C19H13FN2O2S/c20-13-6-4-12(5-7-13)16-10-15-18(25-16)19(24)22-17(21-15)9-11-2-1-3-14(23)8-11/h1-8,10,23H,9H2,(H,21,22,24). The Morgan fingerprint density at radius 2 is 1.92 bits per heavy atom. The first-order valence-electron chi connectivity index (χ1n) is 7.65. The van der Waals surface area contributed by atoms with Crippen LogP contribution in [-0.2, 0) is 6.42 Å². The third kappa shape index (κ3) is 3.16. The van der Waals surface area contributed by atoms with Gasteiger partial charge in [0.1, 0.15) is 22.1 Å². The van der Waals surface area contributed by atoms with Crippen molar-refractivity contribution in [3.05, 3.63) is 82.2 Å². The maximum Gasteiger partial charge on any atom is 0.268 e. The number of benzene rings is 2. The first kappa shape index (κ1) is 15.5. The number of fused-ring (bicyclic) bond motifs is 1. The summed E-state index contributed by atoms with van der Waals surface area (Å²) in [5.41, 5.74) is 2.12. The summed E-state index contributed by atoms with van der Waals surface area (Å²) in [5.74, 6) is 0.413. The molecule has 2 N–H and O–H groups in total. The molecule has 4 rings (SSSR count). The van der Waals surface area contributed by atoms with Gasteiger partial charge in [0.2, 0.25) is 0 Å².